The minimum atomic E-state index is -0.419. The molecule has 1 aromatic heterocycles. The first-order valence-corrected chi connectivity index (χ1v) is 5.74. The van der Waals surface area contributed by atoms with Gasteiger partial charge < -0.3 is 0 Å². The number of hydrogen-bond acceptors (Lipinski definition) is 3. The summed E-state index contributed by atoms with van der Waals surface area (Å²) in [4.78, 5) is 14.6. The van der Waals surface area contributed by atoms with E-state index in [-0.39, 0.29) is 5.69 Å². The number of para-hydroxylation sites is 1. The second kappa shape index (κ2) is 5.28. The van der Waals surface area contributed by atoms with Gasteiger partial charge in [-0.05, 0) is 12.5 Å². The van der Waals surface area contributed by atoms with Crippen molar-refractivity contribution in [1.82, 2.24) is 4.98 Å². The molecule has 4 nitrogen and oxygen atoms in total. The molecule has 0 spiro atoms. The van der Waals surface area contributed by atoms with E-state index in [1.807, 2.05) is 6.07 Å². The van der Waals surface area contributed by atoms with Crippen LogP contribution in [0.3, 0.4) is 0 Å². The van der Waals surface area contributed by atoms with Gasteiger partial charge in [-0.15, -0.1) is 0 Å². The Morgan fingerprint density at radius 1 is 1.44 bits per heavy atom. The highest BCUT2D eigenvalue weighted by atomic mass is 16.6. The van der Waals surface area contributed by atoms with E-state index in [9.17, 15) is 10.1 Å². The smallest absolute Gasteiger partial charge is 0.258 e. The molecule has 0 saturated carbocycles. The Hall–Kier alpha value is -2.41. The van der Waals surface area contributed by atoms with Crippen LogP contribution in [0.2, 0.25) is 0 Å². The number of unbranched alkanes of at least 4 members (excludes halogenated alkanes) is 1. The lowest BCUT2D eigenvalue weighted by atomic mass is 10.1. The van der Waals surface area contributed by atoms with Crippen molar-refractivity contribution >= 4 is 16.6 Å². The summed E-state index contributed by atoms with van der Waals surface area (Å²) >= 11 is 0. The Morgan fingerprint density at radius 2 is 2.28 bits per heavy atom. The Morgan fingerprint density at radius 3 is 3.00 bits per heavy atom. The first-order valence-electron chi connectivity index (χ1n) is 5.74. The predicted octanol–water partition coefficient (Wildman–Crippen LogP) is 3.29. The maximum atomic E-state index is 10.8. The molecule has 2 rings (SSSR count). The molecule has 0 aliphatic heterocycles. The van der Waals surface area contributed by atoms with Crippen LogP contribution in [0.5, 0.6) is 0 Å². The monoisotopic (exact) mass is 240 g/mol. The van der Waals surface area contributed by atoms with Crippen molar-refractivity contribution in [2.75, 3.05) is 0 Å². The largest absolute Gasteiger partial charge is 0.295 e. The van der Waals surface area contributed by atoms with Gasteiger partial charge in [-0.25, -0.2) is 4.98 Å². The third-order valence-corrected chi connectivity index (χ3v) is 2.49. The summed E-state index contributed by atoms with van der Waals surface area (Å²) in [6, 6.07) is 6.75. The van der Waals surface area contributed by atoms with Gasteiger partial charge in [0.25, 0.3) is 5.69 Å². The molecule has 0 fully saturated rings. The lowest BCUT2D eigenvalue weighted by Crippen LogP contribution is -1.91. The van der Waals surface area contributed by atoms with E-state index < -0.39 is 4.92 Å². The zero-order valence-corrected chi connectivity index (χ0v) is 10.0. The van der Waals surface area contributed by atoms with Gasteiger partial charge in [-0.3, -0.25) is 10.1 Å². The van der Waals surface area contributed by atoms with E-state index in [1.54, 1.807) is 18.3 Å². The number of benzene rings is 1. The highest BCUT2D eigenvalue weighted by Gasteiger charge is 2.11. The van der Waals surface area contributed by atoms with Gasteiger partial charge in [-0.1, -0.05) is 30.9 Å². The van der Waals surface area contributed by atoms with Crippen LogP contribution in [0.15, 0.2) is 30.5 Å². The lowest BCUT2D eigenvalue weighted by molar-refractivity contribution is -0.383. The van der Waals surface area contributed by atoms with Gasteiger partial charge >= 0.3 is 0 Å². The third-order valence-electron chi connectivity index (χ3n) is 2.49. The van der Waals surface area contributed by atoms with Crippen LogP contribution in [0.25, 0.3) is 10.9 Å². The topological polar surface area (TPSA) is 56.0 Å². The molecule has 0 atom stereocenters. The number of nitro benzene ring substituents is 1. The Labute approximate surface area is 105 Å². The molecule has 0 aliphatic rings. The summed E-state index contributed by atoms with van der Waals surface area (Å²) in [7, 11) is 0. The van der Waals surface area contributed by atoms with Crippen molar-refractivity contribution < 1.29 is 4.92 Å². The van der Waals surface area contributed by atoms with Crippen molar-refractivity contribution in [3.63, 3.8) is 0 Å². The second-order valence-electron chi connectivity index (χ2n) is 3.88. The van der Waals surface area contributed by atoms with Crippen LogP contribution < -0.4 is 0 Å². The first kappa shape index (κ1) is 12.1. The molecule has 1 heterocycles. The minimum Gasteiger partial charge on any atom is -0.258 e. The number of hydrogen-bond donors (Lipinski definition) is 0. The number of fused-ring (bicyclic) bond motifs is 1. The molecule has 4 heteroatoms. The zero-order chi connectivity index (χ0) is 13.0. The number of rotatable bonds is 2. The summed E-state index contributed by atoms with van der Waals surface area (Å²) in [5, 5.41) is 11.6. The fourth-order valence-electron chi connectivity index (χ4n) is 1.65. The van der Waals surface area contributed by atoms with Gasteiger partial charge in [0.1, 0.15) is 5.52 Å². The standard InChI is InChI=1S/C14H12N2O2/c1-2-3-4-6-11-9-12-7-5-8-13(16(17)18)14(12)15-10-11/h5,7-10H,2-3H2,1H3. The summed E-state index contributed by atoms with van der Waals surface area (Å²) < 4.78 is 0. The Balaban J connectivity index is 2.48. The fourth-order valence-corrected chi connectivity index (χ4v) is 1.65. The molecule has 0 N–H and O–H groups in total. The van der Waals surface area contributed by atoms with Crippen molar-refractivity contribution in [3.8, 4) is 11.8 Å². The van der Waals surface area contributed by atoms with Crippen LogP contribution in [-0.2, 0) is 0 Å². The van der Waals surface area contributed by atoms with E-state index in [0.29, 0.717) is 5.52 Å². The number of nitro groups is 1. The molecule has 0 saturated heterocycles. The lowest BCUT2D eigenvalue weighted by Gasteiger charge is -1.98. The van der Waals surface area contributed by atoms with Gasteiger partial charge in [-0.2, -0.15) is 0 Å². The molecule has 18 heavy (non-hydrogen) atoms. The fraction of sp³-hybridized carbons (Fsp3) is 0.214. The van der Waals surface area contributed by atoms with E-state index in [4.69, 9.17) is 0 Å². The number of pyridine rings is 1. The molecule has 0 bridgehead atoms. The molecule has 2 aromatic rings. The average Bonchev–Trinajstić information content (AvgIpc) is 2.38. The molecule has 90 valence electrons. The van der Waals surface area contributed by atoms with Gasteiger partial charge in [0.2, 0.25) is 0 Å². The summed E-state index contributed by atoms with van der Waals surface area (Å²) in [6.45, 7) is 2.07. The molecule has 0 aliphatic carbocycles. The zero-order valence-electron chi connectivity index (χ0n) is 10.0. The molecule has 0 unspecified atom stereocenters. The number of non-ortho nitro benzene ring substituents is 1. The molecule has 0 amide bonds. The summed E-state index contributed by atoms with van der Waals surface area (Å²) in [6.07, 6.45) is 3.43. The van der Waals surface area contributed by atoms with Crippen molar-refractivity contribution in [2.24, 2.45) is 0 Å². The Kier molecular flexibility index (Phi) is 3.54. The predicted molar refractivity (Wildman–Crippen MR) is 70.2 cm³/mol. The maximum Gasteiger partial charge on any atom is 0.295 e. The molecule has 0 radical (unpaired) electrons. The Bertz CT molecular complexity index is 654. The number of nitrogens with zero attached hydrogens (tertiary/aromatic N) is 2. The van der Waals surface area contributed by atoms with E-state index in [2.05, 4.69) is 23.7 Å². The molecular formula is C14H12N2O2. The van der Waals surface area contributed by atoms with Crippen molar-refractivity contribution in [3.05, 3.63) is 46.1 Å². The average molecular weight is 240 g/mol. The minimum absolute atomic E-state index is 0.0283. The summed E-state index contributed by atoms with van der Waals surface area (Å²) in [5.41, 5.74) is 1.22. The van der Waals surface area contributed by atoms with Gasteiger partial charge in [0.05, 0.1) is 4.92 Å². The van der Waals surface area contributed by atoms with Gasteiger partial charge in [0, 0.05) is 29.6 Å². The highest BCUT2D eigenvalue weighted by Crippen LogP contribution is 2.23. The van der Waals surface area contributed by atoms with Crippen molar-refractivity contribution in [2.45, 2.75) is 19.8 Å². The van der Waals surface area contributed by atoms with E-state index in [0.717, 1.165) is 23.8 Å². The first-order chi connectivity index (χ1) is 8.72. The highest BCUT2D eigenvalue weighted by molar-refractivity contribution is 5.87. The van der Waals surface area contributed by atoms with Crippen LogP contribution >= 0.6 is 0 Å². The normalized spacial score (nSPS) is 9.83. The van der Waals surface area contributed by atoms with Crippen molar-refractivity contribution in [1.29, 1.82) is 0 Å². The molecule has 1 aromatic carbocycles. The van der Waals surface area contributed by atoms with E-state index in [1.165, 1.54) is 6.07 Å². The molecular weight excluding hydrogens is 228 g/mol. The SMILES string of the molecule is CCCC#Cc1cnc2c([N+](=O)[O-])cccc2c1. The third kappa shape index (κ3) is 2.46. The van der Waals surface area contributed by atoms with Crippen LogP contribution in [0, 0.1) is 22.0 Å². The van der Waals surface area contributed by atoms with Gasteiger partial charge in [0.15, 0.2) is 0 Å². The summed E-state index contributed by atoms with van der Waals surface area (Å²) in [5.74, 6) is 6.03. The maximum absolute atomic E-state index is 10.8. The van der Waals surface area contributed by atoms with Crippen LogP contribution in [0.1, 0.15) is 25.3 Å². The number of aromatic nitrogens is 1. The van der Waals surface area contributed by atoms with Crippen LogP contribution in [0.4, 0.5) is 5.69 Å². The second-order valence-corrected chi connectivity index (χ2v) is 3.88. The van der Waals surface area contributed by atoms with Crippen LogP contribution in [-0.4, -0.2) is 9.91 Å². The quantitative estimate of drug-likeness (QED) is 0.459. The van der Waals surface area contributed by atoms with E-state index >= 15 is 0 Å².